The number of nitrogens with two attached hydrogens (primary N) is 1. The summed E-state index contributed by atoms with van der Waals surface area (Å²) < 4.78 is 33.2. The number of carbonyl (C=O) groups is 2. The Morgan fingerprint density at radius 1 is 0.365 bits per heavy atom. The SMILES string of the molecule is CC/C=C\C/C=C\C/C=C\C/C=C\C/C=C\C/C=C\CCCCCCCCCCCCCCC(=O)OC(COC(=O)CCCCCCCCCCCCCCCCCCCCCCC/C=C\CCCCCCCCCC)COP(=O)(O)OCCN. The lowest BCUT2D eigenvalue weighted by Crippen LogP contribution is -2.29. The lowest BCUT2D eigenvalue weighted by atomic mass is 10.0. The Labute approximate surface area is 525 Å². The van der Waals surface area contributed by atoms with E-state index in [9.17, 15) is 19.0 Å². The maximum absolute atomic E-state index is 12.8. The van der Waals surface area contributed by atoms with E-state index in [-0.39, 0.29) is 38.6 Å². The monoisotopic (exact) mass is 1210 g/mol. The van der Waals surface area contributed by atoms with E-state index in [1.807, 2.05) is 0 Å². The highest BCUT2D eigenvalue weighted by molar-refractivity contribution is 7.47. The molecule has 2 unspecified atom stereocenters. The van der Waals surface area contributed by atoms with Gasteiger partial charge in [0.25, 0.3) is 0 Å². The van der Waals surface area contributed by atoms with E-state index in [0.717, 1.165) is 77.0 Å². The molecule has 0 fully saturated rings. The Balaban J connectivity index is 3.85. The number of phosphoric acid groups is 1. The quantitative estimate of drug-likeness (QED) is 0.0264. The van der Waals surface area contributed by atoms with Crippen LogP contribution in [0.25, 0.3) is 0 Å². The number of allylic oxidation sites excluding steroid dienone is 14. The highest BCUT2D eigenvalue weighted by Gasteiger charge is 2.26. The first kappa shape index (κ1) is 82.2. The van der Waals surface area contributed by atoms with E-state index in [0.29, 0.717) is 6.42 Å². The Bertz CT molecular complexity index is 1670. The van der Waals surface area contributed by atoms with Crippen molar-refractivity contribution < 1.29 is 37.6 Å². The van der Waals surface area contributed by atoms with Gasteiger partial charge in [0.05, 0.1) is 13.2 Å². The first-order valence-electron chi connectivity index (χ1n) is 36.1. The fourth-order valence-electron chi connectivity index (χ4n) is 10.5. The van der Waals surface area contributed by atoms with E-state index < -0.39 is 26.5 Å². The average Bonchev–Trinajstić information content (AvgIpc) is 3.52. The Hall–Kier alpha value is -2.81. The molecule has 494 valence electrons. The average molecular weight is 1210 g/mol. The van der Waals surface area contributed by atoms with E-state index in [1.165, 1.54) is 238 Å². The number of unbranched alkanes of at least 4 members (excludes halogenated alkanes) is 41. The number of hydrogen-bond acceptors (Lipinski definition) is 8. The maximum atomic E-state index is 12.8. The molecule has 0 aromatic carbocycles. The molecule has 0 aliphatic rings. The first-order chi connectivity index (χ1) is 41.8. The van der Waals surface area contributed by atoms with Crippen LogP contribution < -0.4 is 5.73 Å². The molecular weight excluding hydrogens is 1070 g/mol. The molecule has 85 heavy (non-hydrogen) atoms. The topological polar surface area (TPSA) is 134 Å². The molecule has 0 saturated heterocycles. The van der Waals surface area contributed by atoms with Crippen LogP contribution in [0, 0.1) is 0 Å². The zero-order chi connectivity index (χ0) is 61.6. The minimum absolute atomic E-state index is 0.0517. The van der Waals surface area contributed by atoms with Crippen LogP contribution in [0.3, 0.4) is 0 Å². The van der Waals surface area contributed by atoms with E-state index in [4.69, 9.17) is 24.3 Å². The van der Waals surface area contributed by atoms with Gasteiger partial charge >= 0.3 is 19.8 Å². The Morgan fingerprint density at radius 3 is 0.976 bits per heavy atom. The molecule has 0 rings (SSSR count). The Morgan fingerprint density at radius 2 is 0.647 bits per heavy atom. The second kappa shape index (κ2) is 70.3. The van der Waals surface area contributed by atoms with Crippen molar-refractivity contribution >= 4 is 19.8 Å². The van der Waals surface area contributed by atoms with Crippen LogP contribution in [-0.4, -0.2) is 49.3 Å². The second-order valence-electron chi connectivity index (χ2n) is 24.1. The smallest absolute Gasteiger partial charge is 0.462 e. The molecular formula is C75H136NO8P. The molecule has 0 aliphatic heterocycles. The number of rotatable bonds is 68. The third-order valence-corrected chi connectivity index (χ3v) is 16.7. The number of phosphoric ester groups is 1. The van der Waals surface area contributed by atoms with Crippen molar-refractivity contribution in [3.63, 3.8) is 0 Å². The summed E-state index contributed by atoms with van der Waals surface area (Å²) in [6.45, 7) is 3.68. The third kappa shape index (κ3) is 70.2. The van der Waals surface area contributed by atoms with Crippen LogP contribution in [0.15, 0.2) is 85.1 Å². The molecule has 0 aromatic rings. The first-order valence-corrected chi connectivity index (χ1v) is 37.6. The van der Waals surface area contributed by atoms with Gasteiger partial charge in [0.1, 0.15) is 6.61 Å². The number of hydrogen-bond donors (Lipinski definition) is 2. The van der Waals surface area contributed by atoms with Gasteiger partial charge < -0.3 is 20.1 Å². The summed E-state index contributed by atoms with van der Waals surface area (Å²) in [4.78, 5) is 35.4. The summed E-state index contributed by atoms with van der Waals surface area (Å²) in [7, 11) is -4.40. The molecule has 0 amide bonds. The molecule has 0 aromatic heterocycles. The van der Waals surface area contributed by atoms with Gasteiger partial charge in [-0.2, -0.15) is 0 Å². The minimum Gasteiger partial charge on any atom is -0.462 e. The summed E-state index contributed by atoms with van der Waals surface area (Å²) >= 11 is 0. The van der Waals surface area contributed by atoms with Crippen molar-refractivity contribution in [1.82, 2.24) is 0 Å². The van der Waals surface area contributed by atoms with E-state index in [1.54, 1.807) is 0 Å². The lowest BCUT2D eigenvalue weighted by molar-refractivity contribution is -0.161. The van der Waals surface area contributed by atoms with E-state index in [2.05, 4.69) is 98.9 Å². The molecule has 0 heterocycles. The number of ether oxygens (including phenoxy) is 2. The summed E-state index contributed by atoms with van der Waals surface area (Å²) in [5, 5.41) is 0. The molecule has 10 heteroatoms. The fourth-order valence-corrected chi connectivity index (χ4v) is 11.2. The molecule has 0 bridgehead atoms. The lowest BCUT2D eigenvalue weighted by Gasteiger charge is -2.19. The highest BCUT2D eigenvalue weighted by Crippen LogP contribution is 2.43. The fraction of sp³-hybridized carbons (Fsp3) is 0.787. The Kier molecular flexibility index (Phi) is 68.0. The van der Waals surface area contributed by atoms with Crippen LogP contribution >= 0.6 is 7.82 Å². The van der Waals surface area contributed by atoms with Gasteiger partial charge in [-0.3, -0.25) is 18.6 Å². The summed E-state index contributed by atoms with van der Waals surface area (Å²) in [5.74, 6) is -0.817. The zero-order valence-electron chi connectivity index (χ0n) is 55.6. The second-order valence-corrected chi connectivity index (χ2v) is 25.5. The predicted octanol–water partition coefficient (Wildman–Crippen LogP) is 23.8. The van der Waals surface area contributed by atoms with Gasteiger partial charge in [-0.05, 0) is 89.9 Å². The number of carbonyl (C=O) groups excluding carboxylic acids is 2. The molecule has 3 N–H and O–H groups in total. The molecule has 0 saturated carbocycles. The summed E-state index contributed by atoms with van der Waals surface area (Å²) in [6.07, 6.45) is 94.0. The van der Waals surface area contributed by atoms with Crippen molar-refractivity contribution in [3.05, 3.63) is 85.1 Å². The number of esters is 2. The van der Waals surface area contributed by atoms with Crippen molar-refractivity contribution in [1.29, 1.82) is 0 Å². The van der Waals surface area contributed by atoms with Gasteiger partial charge in [-0.15, -0.1) is 0 Å². The summed E-state index contributed by atoms with van der Waals surface area (Å²) in [5.41, 5.74) is 5.41. The predicted molar refractivity (Wildman–Crippen MR) is 367 cm³/mol. The molecule has 0 spiro atoms. The van der Waals surface area contributed by atoms with Crippen LogP contribution in [0.5, 0.6) is 0 Å². The highest BCUT2D eigenvalue weighted by atomic mass is 31.2. The van der Waals surface area contributed by atoms with Crippen LogP contribution in [0.4, 0.5) is 0 Å². The van der Waals surface area contributed by atoms with Crippen LogP contribution in [0.2, 0.25) is 0 Å². The van der Waals surface area contributed by atoms with Crippen molar-refractivity contribution in [2.45, 2.75) is 354 Å². The normalized spacial score (nSPS) is 13.4. The van der Waals surface area contributed by atoms with Gasteiger partial charge in [0.2, 0.25) is 0 Å². The molecule has 0 radical (unpaired) electrons. The standard InChI is InChI=1S/C75H136NO8P/c1-3-5-7-9-11-13-15-17-19-21-23-25-27-29-31-33-35-36-38-39-41-43-45-47-49-51-53-55-57-59-61-63-65-67-74(77)81-71-73(72-83-85(79,80)82-70-69-76)84-75(78)68-66-64-62-60-58-56-54-52-50-48-46-44-42-40-37-34-32-30-28-26-24-22-20-18-16-14-12-10-8-6-4-2/h6,8,12,14,18,20-21,23-24,26,30,32,37,40,73H,3-5,7,9-11,13,15-17,19,22,25,27-29,31,33-36,38-39,41-72,76H2,1-2H3,(H,79,80)/b8-6-,14-12-,20-18-,23-21-,26-24-,32-30-,40-37-. The van der Waals surface area contributed by atoms with Gasteiger partial charge in [0, 0.05) is 19.4 Å². The zero-order valence-corrected chi connectivity index (χ0v) is 56.5. The van der Waals surface area contributed by atoms with Crippen LogP contribution in [0.1, 0.15) is 348 Å². The molecule has 0 aliphatic carbocycles. The van der Waals surface area contributed by atoms with Crippen molar-refractivity contribution in [2.75, 3.05) is 26.4 Å². The minimum atomic E-state index is -4.40. The third-order valence-electron chi connectivity index (χ3n) is 15.8. The van der Waals surface area contributed by atoms with Crippen LogP contribution in [-0.2, 0) is 32.7 Å². The van der Waals surface area contributed by atoms with Crippen molar-refractivity contribution in [3.8, 4) is 0 Å². The largest absolute Gasteiger partial charge is 0.472 e. The maximum Gasteiger partial charge on any atom is 0.472 e. The molecule has 2 atom stereocenters. The van der Waals surface area contributed by atoms with E-state index >= 15 is 0 Å². The summed E-state index contributed by atoms with van der Waals surface area (Å²) in [6, 6.07) is 0. The molecule has 9 nitrogen and oxygen atoms in total. The van der Waals surface area contributed by atoms with Gasteiger partial charge in [-0.1, -0.05) is 330 Å². The van der Waals surface area contributed by atoms with Gasteiger partial charge in [-0.25, -0.2) is 4.57 Å². The van der Waals surface area contributed by atoms with Crippen molar-refractivity contribution in [2.24, 2.45) is 5.73 Å². The van der Waals surface area contributed by atoms with Gasteiger partial charge in [0.15, 0.2) is 6.10 Å².